The number of halogens is 2. The highest BCUT2D eigenvalue weighted by molar-refractivity contribution is 9.10. The average Bonchev–Trinajstić information content (AvgIpc) is 2.75. The van der Waals surface area contributed by atoms with Gasteiger partial charge in [-0.15, -0.1) is 11.3 Å². The van der Waals surface area contributed by atoms with Crippen molar-refractivity contribution in [2.24, 2.45) is 0 Å². The molecular formula is C11H9BrClN3OS. The summed E-state index contributed by atoms with van der Waals surface area (Å²) in [6.07, 6.45) is 1.41. The van der Waals surface area contributed by atoms with E-state index < -0.39 is 0 Å². The number of nitrogens with zero attached hydrogens (tertiary/aromatic N) is 1. The molecule has 18 heavy (non-hydrogen) atoms. The van der Waals surface area contributed by atoms with E-state index in [4.69, 9.17) is 17.3 Å². The van der Waals surface area contributed by atoms with Crippen LogP contribution in [0.15, 0.2) is 28.2 Å². The Balaban J connectivity index is 2.05. The average molecular weight is 347 g/mol. The van der Waals surface area contributed by atoms with Gasteiger partial charge in [-0.3, -0.25) is 4.79 Å². The lowest BCUT2D eigenvalue weighted by atomic mass is 10.2. The molecule has 0 aliphatic heterocycles. The molecule has 4 nitrogen and oxygen atoms in total. The Morgan fingerprint density at radius 3 is 3.00 bits per heavy atom. The van der Waals surface area contributed by atoms with Crippen molar-refractivity contribution in [1.82, 2.24) is 10.3 Å². The van der Waals surface area contributed by atoms with Crippen LogP contribution in [-0.2, 0) is 6.54 Å². The molecule has 0 fully saturated rings. The third kappa shape index (κ3) is 3.22. The number of aromatic nitrogens is 1. The second kappa shape index (κ2) is 5.69. The summed E-state index contributed by atoms with van der Waals surface area (Å²) in [5.74, 6) is -0.288. The number of nitrogen functional groups attached to an aromatic ring is 1. The Bertz CT molecular complexity index is 587. The van der Waals surface area contributed by atoms with Crippen molar-refractivity contribution in [2.45, 2.75) is 6.54 Å². The van der Waals surface area contributed by atoms with Crippen LogP contribution in [0.4, 0.5) is 5.69 Å². The first-order valence-electron chi connectivity index (χ1n) is 4.98. The molecule has 3 N–H and O–H groups in total. The molecule has 0 aromatic carbocycles. The van der Waals surface area contributed by atoms with Crippen LogP contribution in [0.25, 0.3) is 0 Å². The number of amides is 1. The standard InChI is InChI=1S/C11H9BrClN3OS/c12-6-1-8(18-5-6)4-16-11(17)9-2-7(14)3-15-10(9)13/h1-3,5H,4,14H2,(H,16,17). The number of carbonyl (C=O) groups excluding carboxylic acids is 1. The molecule has 0 aliphatic carbocycles. The van der Waals surface area contributed by atoms with E-state index in [1.165, 1.54) is 12.3 Å². The zero-order valence-electron chi connectivity index (χ0n) is 9.11. The zero-order chi connectivity index (χ0) is 13.1. The van der Waals surface area contributed by atoms with E-state index in [2.05, 4.69) is 26.2 Å². The highest BCUT2D eigenvalue weighted by Gasteiger charge is 2.11. The third-order valence-corrected chi connectivity index (χ3v) is 4.15. The van der Waals surface area contributed by atoms with E-state index in [0.29, 0.717) is 12.2 Å². The predicted molar refractivity (Wildman–Crippen MR) is 76.8 cm³/mol. The minimum absolute atomic E-state index is 0.147. The van der Waals surface area contributed by atoms with E-state index in [1.54, 1.807) is 11.3 Å². The van der Waals surface area contributed by atoms with Crippen LogP contribution in [0.5, 0.6) is 0 Å². The zero-order valence-corrected chi connectivity index (χ0v) is 12.3. The summed E-state index contributed by atoms with van der Waals surface area (Å²) >= 11 is 10.8. The summed E-state index contributed by atoms with van der Waals surface area (Å²) in [4.78, 5) is 16.8. The summed E-state index contributed by atoms with van der Waals surface area (Å²) < 4.78 is 1.00. The van der Waals surface area contributed by atoms with Crippen molar-refractivity contribution in [3.8, 4) is 0 Å². The first kappa shape index (κ1) is 13.3. The molecular weight excluding hydrogens is 338 g/mol. The van der Waals surface area contributed by atoms with E-state index in [0.717, 1.165) is 9.35 Å². The van der Waals surface area contributed by atoms with Crippen molar-refractivity contribution in [3.05, 3.63) is 43.8 Å². The van der Waals surface area contributed by atoms with Gasteiger partial charge >= 0.3 is 0 Å². The predicted octanol–water partition coefficient (Wildman–Crippen LogP) is 3.07. The number of anilines is 1. The second-order valence-corrected chi connectivity index (χ2v) is 5.79. The summed E-state index contributed by atoms with van der Waals surface area (Å²) in [7, 11) is 0. The van der Waals surface area contributed by atoms with Crippen LogP contribution >= 0.6 is 38.9 Å². The Morgan fingerprint density at radius 2 is 2.33 bits per heavy atom. The molecule has 0 bridgehead atoms. The van der Waals surface area contributed by atoms with Crippen molar-refractivity contribution >= 4 is 50.5 Å². The summed E-state index contributed by atoms with van der Waals surface area (Å²) in [6.45, 7) is 0.445. The van der Waals surface area contributed by atoms with Gasteiger partial charge < -0.3 is 11.1 Å². The summed E-state index contributed by atoms with van der Waals surface area (Å²) in [5.41, 5.74) is 6.26. The topological polar surface area (TPSA) is 68.0 Å². The Labute approximate surface area is 121 Å². The van der Waals surface area contributed by atoms with Gasteiger partial charge in [-0.1, -0.05) is 11.6 Å². The monoisotopic (exact) mass is 345 g/mol. The van der Waals surface area contributed by atoms with Gasteiger partial charge in [-0.2, -0.15) is 0 Å². The van der Waals surface area contributed by atoms with Crippen LogP contribution < -0.4 is 11.1 Å². The first-order valence-corrected chi connectivity index (χ1v) is 7.03. The van der Waals surface area contributed by atoms with Crippen LogP contribution in [-0.4, -0.2) is 10.9 Å². The number of hydrogen-bond donors (Lipinski definition) is 2. The minimum atomic E-state index is -0.288. The highest BCUT2D eigenvalue weighted by atomic mass is 79.9. The quantitative estimate of drug-likeness (QED) is 0.839. The Hall–Kier alpha value is -1.11. The molecule has 1 amide bonds. The first-order chi connectivity index (χ1) is 8.56. The number of pyridine rings is 1. The van der Waals surface area contributed by atoms with Crippen LogP contribution in [0.3, 0.4) is 0 Å². The van der Waals surface area contributed by atoms with E-state index in [9.17, 15) is 4.79 Å². The molecule has 2 rings (SSSR count). The number of rotatable bonds is 3. The number of hydrogen-bond acceptors (Lipinski definition) is 4. The molecule has 0 unspecified atom stereocenters. The molecule has 2 aromatic heterocycles. The van der Waals surface area contributed by atoms with E-state index in [1.807, 2.05) is 11.4 Å². The van der Waals surface area contributed by atoms with Gasteiger partial charge in [0.2, 0.25) is 0 Å². The lowest BCUT2D eigenvalue weighted by molar-refractivity contribution is 0.0951. The summed E-state index contributed by atoms with van der Waals surface area (Å²) in [5, 5.41) is 4.87. The largest absolute Gasteiger partial charge is 0.397 e. The smallest absolute Gasteiger partial charge is 0.254 e. The summed E-state index contributed by atoms with van der Waals surface area (Å²) in [6, 6.07) is 3.46. The minimum Gasteiger partial charge on any atom is -0.397 e. The van der Waals surface area contributed by atoms with Crippen molar-refractivity contribution in [3.63, 3.8) is 0 Å². The van der Waals surface area contributed by atoms with Crippen LogP contribution in [0.2, 0.25) is 5.15 Å². The Morgan fingerprint density at radius 1 is 1.56 bits per heavy atom. The maximum atomic E-state index is 11.9. The van der Waals surface area contributed by atoms with Gasteiger partial charge in [-0.25, -0.2) is 4.98 Å². The SMILES string of the molecule is Nc1cnc(Cl)c(C(=O)NCc2cc(Br)cs2)c1. The third-order valence-electron chi connectivity index (χ3n) is 2.15. The Kier molecular flexibility index (Phi) is 4.21. The highest BCUT2D eigenvalue weighted by Crippen LogP contribution is 2.20. The van der Waals surface area contributed by atoms with Gasteiger partial charge in [0.1, 0.15) is 5.15 Å². The van der Waals surface area contributed by atoms with Gasteiger partial charge in [0, 0.05) is 14.7 Å². The molecule has 0 saturated heterocycles. The maximum absolute atomic E-state index is 11.9. The van der Waals surface area contributed by atoms with E-state index >= 15 is 0 Å². The van der Waals surface area contributed by atoms with Crippen molar-refractivity contribution in [1.29, 1.82) is 0 Å². The maximum Gasteiger partial charge on any atom is 0.254 e. The van der Waals surface area contributed by atoms with Crippen LogP contribution in [0.1, 0.15) is 15.2 Å². The number of nitrogens with two attached hydrogens (primary N) is 1. The van der Waals surface area contributed by atoms with Gasteiger partial charge in [0.05, 0.1) is 24.0 Å². The lowest BCUT2D eigenvalue weighted by Crippen LogP contribution is -2.23. The molecule has 2 heterocycles. The molecule has 94 valence electrons. The fourth-order valence-corrected chi connectivity index (χ4v) is 2.91. The molecule has 0 radical (unpaired) electrons. The molecule has 0 atom stereocenters. The van der Waals surface area contributed by atoms with Crippen molar-refractivity contribution in [2.75, 3.05) is 5.73 Å². The normalized spacial score (nSPS) is 10.3. The van der Waals surface area contributed by atoms with Crippen molar-refractivity contribution < 1.29 is 4.79 Å². The van der Waals surface area contributed by atoms with Gasteiger partial charge in [-0.05, 0) is 28.1 Å². The fourth-order valence-electron chi connectivity index (χ4n) is 1.33. The van der Waals surface area contributed by atoms with E-state index in [-0.39, 0.29) is 16.6 Å². The number of thiophene rings is 1. The second-order valence-electron chi connectivity index (χ2n) is 3.52. The fraction of sp³-hybridized carbons (Fsp3) is 0.0909. The number of carbonyl (C=O) groups is 1. The lowest BCUT2D eigenvalue weighted by Gasteiger charge is -2.05. The molecule has 0 saturated carbocycles. The molecule has 2 aromatic rings. The van der Waals surface area contributed by atoms with Crippen LogP contribution in [0, 0.1) is 0 Å². The van der Waals surface area contributed by atoms with Gasteiger partial charge in [0.25, 0.3) is 5.91 Å². The number of nitrogens with one attached hydrogen (secondary N) is 1. The molecule has 7 heteroatoms. The van der Waals surface area contributed by atoms with Gasteiger partial charge in [0.15, 0.2) is 0 Å². The molecule has 0 aliphatic rings. The molecule has 0 spiro atoms.